The molecule has 1 heterocycles. The van der Waals surface area contributed by atoms with Crippen LogP contribution >= 0.6 is 11.6 Å². The Morgan fingerprint density at radius 3 is 2.90 bits per heavy atom. The van der Waals surface area contributed by atoms with Crippen molar-refractivity contribution in [1.82, 2.24) is 9.62 Å². The predicted molar refractivity (Wildman–Crippen MR) is 77.7 cm³/mol. The molecule has 4 nitrogen and oxygen atoms in total. The molecular weight excluding hydrogens is 303 g/mol. The number of nitrogens with zero attached hydrogens (tertiary/aromatic N) is 1. The van der Waals surface area contributed by atoms with E-state index >= 15 is 0 Å². The van der Waals surface area contributed by atoms with Crippen molar-refractivity contribution in [3.63, 3.8) is 0 Å². The molecule has 1 aromatic carbocycles. The van der Waals surface area contributed by atoms with Crippen LogP contribution in [0.3, 0.4) is 0 Å². The molecule has 0 aromatic heterocycles. The van der Waals surface area contributed by atoms with Gasteiger partial charge >= 0.3 is 0 Å². The van der Waals surface area contributed by atoms with Crippen LogP contribution in [0.2, 0.25) is 5.02 Å². The van der Waals surface area contributed by atoms with Crippen molar-refractivity contribution in [3.05, 3.63) is 34.6 Å². The molecule has 1 saturated heterocycles. The van der Waals surface area contributed by atoms with Crippen molar-refractivity contribution in [2.24, 2.45) is 0 Å². The van der Waals surface area contributed by atoms with E-state index in [0.29, 0.717) is 23.7 Å². The lowest BCUT2D eigenvalue weighted by Crippen LogP contribution is -2.47. The number of piperidine rings is 1. The van der Waals surface area contributed by atoms with Crippen molar-refractivity contribution in [1.29, 1.82) is 0 Å². The average molecular weight is 321 g/mol. The fourth-order valence-electron chi connectivity index (χ4n) is 2.49. The highest BCUT2D eigenvalue weighted by Crippen LogP contribution is 2.19. The number of likely N-dealkylation sites (tertiary alicyclic amines) is 1. The van der Waals surface area contributed by atoms with E-state index < -0.39 is 10.0 Å². The lowest BCUT2D eigenvalue weighted by Gasteiger charge is -2.32. The lowest BCUT2D eigenvalue weighted by molar-refractivity contribution is 0.192. The fourth-order valence-corrected chi connectivity index (χ4v) is 3.45. The molecule has 0 amide bonds. The largest absolute Gasteiger partial charge is 0.297 e. The summed E-state index contributed by atoms with van der Waals surface area (Å²) in [6.07, 6.45) is 2.86. The number of hydrogen-bond donors (Lipinski definition) is 1. The van der Waals surface area contributed by atoms with Gasteiger partial charge < -0.3 is 0 Å². The van der Waals surface area contributed by atoms with Crippen LogP contribution in [0.25, 0.3) is 0 Å². The normalized spacial score (nSPS) is 21.1. The van der Waals surface area contributed by atoms with E-state index in [2.05, 4.69) is 9.62 Å². The van der Waals surface area contributed by atoms with Gasteiger partial charge in [0.1, 0.15) is 5.82 Å². The Labute approximate surface area is 124 Å². The van der Waals surface area contributed by atoms with Crippen LogP contribution in [0.4, 0.5) is 4.39 Å². The van der Waals surface area contributed by atoms with Gasteiger partial charge in [0.2, 0.25) is 10.0 Å². The molecule has 20 heavy (non-hydrogen) atoms. The third kappa shape index (κ3) is 4.70. The zero-order chi connectivity index (χ0) is 14.8. The smallest absolute Gasteiger partial charge is 0.208 e. The van der Waals surface area contributed by atoms with Gasteiger partial charge in [-0.2, -0.15) is 0 Å². The number of halogens is 2. The van der Waals surface area contributed by atoms with E-state index in [0.717, 1.165) is 25.6 Å². The van der Waals surface area contributed by atoms with Crippen molar-refractivity contribution in [2.45, 2.75) is 25.4 Å². The summed E-state index contributed by atoms with van der Waals surface area (Å²) >= 11 is 5.73. The highest BCUT2D eigenvalue weighted by Gasteiger charge is 2.22. The van der Waals surface area contributed by atoms with E-state index in [1.807, 2.05) is 0 Å². The monoisotopic (exact) mass is 320 g/mol. The van der Waals surface area contributed by atoms with E-state index in [4.69, 9.17) is 11.6 Å². The maximum absolute atomic E-state index is 13.8. The molecule has 1 fully saturated rings. The molecule has 1 aliphatic heterocycles. The highest BCUT2D eigenvalue weighted by atomic mass is 35.5. The van der Waals surface area contributed by atoms with Crippen LogP contribution in [0, 0.1) is 5.82 Å². The summed E-state index contributed by atoms with van der Waals surface area (Å²) in [4.78, 5) is 2.05. The zero-order valence-electron chi connectivity index (χ0n) is 11.3. The summed E-state index contributed by atoms with van der Waals surface area (Å²) in [7, 11) is -3.20. The molecule has 1 aliphatic rings. The molecule has 1 N–H and O–H groups in total. The van der Waals surface area contributed by atoms with E-state index in [9.17, 15) is 12.8 Å². The Morgan fingerprint density at radius 2 is 2.25 bits per heavy atom. The third-order valence-corrected chi connectivity index (χ3v) is 4.29. The van der Waals surface area contributed by atoms with E-state index in [1.165, 1.54) is 6.07 Å². The maximum atomic E-state index is 13.8. The van der Waals surface area contributed by atoms with Gasteiger partial charge in [-0.05, 0) is 31.5 Å². The second-order valence-electron chi connectivity index (χ2n) is 5.20. The Kier molecular flexibility index (Phi) is 5.01. The molecule has 1 aromatic rings. The van der Waals surface area contributed by atoms with Crippen LogP contribution < -0.4 is 4.72 Å². The van der Waals surface area contributed by atoms with Gasteiger partial charge in [-0.1, -0.05) is 17.7 Å². The minimum absolute atomic E-state index is 0.103. The molecule has 7 heteroatoms. The average Bonchev–Trinajstić information content (AvgIpc) is 2.31. The Balaban J connectivity index is 1.99. The van der Waals surface area contributed by atoms with Crippen molar-refractivity contribution < 1.29 is 12.8 Å². The summed E-state index contributed by atoms with van der Waals surface area (Å²) < 4.78 is 38.9. The zero-order valence-corrected chi connectivity index (χ0v) is 12.8. The SMILES string of the molecule is CS(=O)(=O)NC1CCCN(Cc2ccc(Cl)cc2F)C1. The number of nitrogens with one attached hydrogen (secondary N) is 1. The van der Waals surface area contributed by atoms with Gasteiger partial charge in [0.25, 0.3) is 0 Å². The van der Waals surface area contributed by atoms with Gasteiger partial charge in [-0.25, -0.2) is 17.5 Å². The maximum Gasteiger partial charge on any atom is 0.208 e. The second kappa shape index (κ2) is 6.39. The van der Waals surface area contributed by atoms with Crippen LogP contribution in [0.5, 0.6) is 0 Å². The van der Waals surface area contributed by atoms with Crippen molar-refractivity contribution in [2.75, 3.05) is 19.3 Å². The third-order valence-electron chi connectivity index (χ3n) is 3.30. The van der Waals surface area contributed by atoms with Crippen molar-refractivity contribution in [3.8, 4) is 0 Å². The first-order valence-corrected chi connectivity index (χ1v) is 8.74. The molecule has 1 unspecified atom stereocenters. The van der Waals surface area contributed by atoms with Crippen LogP contribution in [0.1, 0.15) is 18.4 Å². The van der Waals surface area contributed by atoms with E-state index in [-0.39, 0.29) is 11.9 Å². The Morgan fingerprint density at radius 1 is 1.50 bits per heavy atom. The Hall–Kier alpha value is -0.690. The molecule has 0 radical (unpaired) electrons. The first kappa shape index (κ1) is 15.7. The minimum Gasteiger partial charge on any atom is -0.297 e. The fraction of sp³-hybridized carbons (Fsp3) is 0.538. The summed E-state index contributed by atoms with van der Waals surface area (Å²) in [6.45, 7) is 1.89. The molecule has 0 saturated carbocycles. The highest BCUT2D eigenvalue weighted by molar-refractivity contribution is 7.88. The lowest BCUT2D eigenvalue weighted by atomic mass is 10.1. The summed E-state index contributed by atoms with van der Waals surface area (Å²) in [5.41, 5.74) is 0.578. The summed E-state index contributed by atoms with van der Waals surface area (Å²) in [6, 6.07) is 4.53. The Bertz CT molecular complexity index is 580. The number of hydrogen-bond acceptors (Lipinski definition) is 3. The summed E-state index contributed by atoms with van der Waals surface area (Å²) in [5, 5.41) is 0.376. The molecule has 112 valence electrons. The van der Waals surface area contributed by atoms with Gasteiger partial charge in [0.05, 0.1) is 6.26 Å². The quantitative estimate of drug-likeness (QED) is 0.923. The number of sulfonamides is 1. The summed E-state index contributed by atoms with van der Waals surface area (Å²) in [5.74, 6) is -0.323. The first-order chi connectivity index (χ1) is 9.33. The van der Waals surface area contributed by atoms with Gasteiger partial charge in [-0.15, -0.1) is 0 Å². The van der Waals surface area contributed by atoms with Crippen LogP contribution in [-0.4, -0.2) is 38.7 Å². The van der Waals surface area contributed by atoms with E-state index in [1.54, 1.807) is 12.1 Å². The number of benzene rings is 1. The van der Waals surface area contributed by atoms with Gasteiger partial charge in [-0.3, -0.25) is 4.90 Å². The van der Waals surface area contributed by atoms with Crippen molar-refractivity contribution >= 4 is 21.6 Å². The van der Waals surface area contributed by atoms with Crippen LogP contribution in [-0.2, 0) is 16.6 Å². The van der Waals surface area contributed by atoms with Crippen LogP contribution in [0.15, 0.2) is 18.2 Å². The topological polar surface area (TPSA) is 49.4 Å². The molecular formula is C13H18ClFN2O2S. The first-order valence-electron chi connectivity index (χ1n) is 6.47. The molecule has 2 rings (SSSR count). The molecule has 1 atom stereocenters. The van der Waals surface area contributed by atoms with Gasteiger partial charge in [0.15, 0.2) is 0 Å². The molecule has 0 aliphatic carbocycles. The van der Waals surface area contributed by atoms with Gasteiger partial charge in [0, 0.05) is 29.7 Å². The molecule has 0 bridgehead atoms. The standard InChI is InChI=1S/C13H18ClFN2O2S/c1-20(18,19)16-12-3-2-6-17(9-12)8-10-4-5-11(14)7-13(10)15/h4-5,7,12,16H,2-3,6,8-9H2,1H3. The minimum atomic E-state index is -3.20. The number of rotatable bonds is 4. The predicted octanol–water partition coefficient (Wildman–Crippen LogP) is 1.99. The molecule has 0 spiro atoms. The second-order valence-corrected chi connectivity index (χ2v) is 7.42.